The minimum Gasteiger partial charge on any atom is -0.477 e. The molecule has 2 aromatic rings. The van der Waals surface area contributed by atoms with Crippen LogP contribution in [-0.4, -0.2) is 40.9 Å². The van der Waals surface area contributed by atoms with Crippen LogP contribution in [0.3, 0.4) is 0 Å². The average molecular weight is 418 g/mol. The number of carboxylic acids is 1. The SMILES string of the molecule is Cc1c(N2CCC(C3CC3N)C2)c(F)c(N)c2c(=O)c(C(=O)O)cn(C3CC3F)c12. The van der Waals surface area contributed by atoms with Gasteiger partial charge in [0, 0.05) is 31.7 Å². The molecular formula is C21H24F2N4O3. The second-order valence-corrected chi connectivity index (χ2v) is 8.89. The summed E-state index contributed by atoms with van der Waals surface area (Å²) in [5.74, 6) is -1.34. The van der Waals surface area contributed by atoms with Crippen LogP contribution in [0.2, 0.25) is 0 Å². The number of nitrogens with zero attached hydrogens (tertiary/aromatic N) is 2. The lowest BCUT2D eigenvalue weighted by Gasteiger charge is -2.25. The summed E-state index contributed by atoms with van der Waals surface area (Å²) in [6.07, 6.45) is 2.13. The molecule has 3 fully saturated rings. The van der Waals surface area contributed by atoms with Gasteiger partial charge in [-0.05, 0) is 37.2 Å². The van der Waals surface area contributed by atoms with E-state index in [1.807, 2.05) is 4.90 Å². The molecule has 30 heavy (non-hydrogen) atoms. The van der Waals surface area contributed by atoms with Gasteiger partial charge in [-0.1, -0.05) is 0 Å². The number of aromatic carboxylic acids is 1. The van der Waals surface area contributed by atoms with E-state index in [2.05, 4.69) is 0 Å². The molecule has 2 heterocycles. The number of rotatable bonds is 4. The average Bonchev–Trinajstić information content (AvgIpc) is 3.55. The van der Waals surface area contributed by atoms with Crippen LogP contribution in [0.5, 0.6) is 0 Å². The molecule has 5 rings (SSSR count). The van der Waals surface area contributed by atoms with Gasteiger partial charge in [-0.15, -0.1) is 0 Å². The van der Waals surface area contributed by atoms with Crippen molar-refractivity contribution in [3.63, 3.8) is 0 Å². The normalized spacial score (nSPS) is 30.1. The zero-order valence-corrected chi connectivity index (χ0v) is 16.6. The number of nitrogen functional groups attached to an aromatic ring is 1. The van der Waals surface area contributed by atoms with E-state index in [9.17, 15) is 19.1 Å². The molecule has 1 aromatic carbocycles. The molecule has 2 aliphatic carbocycles. The second-order valence-electron chi connectivity index (χ2n) is 8.89. The quantitative estimate of drug-likeness (QED) is 0.656. The van der Waals surface area contributed by atoms with Gasteiger partial charge >= 0.3 is 5.97 Å². The van der Waals surface area contributed by atoms with Crippen molar-refractivity contribution in [1.82, 2.24) is 4.57 Å². The lowest BCUT2D eigenvalue weighted by molar-refractivity contribution is 0.0694. The lowest BCUT2D eigenvalue weighted by atomic mass is 10.0. The summed E-state index contributed by atoms with van der Waals surface area (Å²) in [5, 5.41) is 9.24. The van der Waals surface area contributed by atoms with Gasteiger partial charge in [0.15, 0.2) is 5.82 Å². The van der Waals surface area contributed by atoms with Crippen molar-refractivity contribution < 1.29 is 18.7 Å². The topological polar surface area (TPSA) is 115 Å². The first-order valence-electron chi connectivity index (χ1n) is 10.2. The number of alkyl halides is 1. The van der Waals surface area contributed by atoms with E-state index in [4.69, 9.17) is 11.5 Å². The predicted molar refractivity (Wildman–Crippen MR) is 109 cm³/mol. The molecule has 5 unspecified atom stereocenters. The maximum atomic E-state index is 15.4. The number of aromatic nitrogens is 1. The van der Waals surface area contributed by atoms with Gasteiger partial charge in [0.1, 0.15) is 11.7 Å². The predicted octanol–water partition coefficient (Wildman–Crippen LogP) is 2.19. The fourth-order valence-corrected chi connectivity index (χ4v) is 5.13. The summed E-state index contributed by atoms with van der Waals surface area (Å²) >= 11 is 0. The Morgan fingerprint density at radius 1 is 1.33 bits per heavy atom. The summed E-state index contributed by atoms with van der Waals surface area (Å²) in [7, 11) is 0. The van der Waals surface area contributed by atoms with Gasteiger partial charge in [0.2, 0.25) is 5.43 Å². The number of nitrogens with two attached hydrogens (primary N) is 2. The number of benzene rings is 1. The molecule has 160 valence electrons. The van der Waals surface area contributed by atoms with Crippen LogP contribution in [0.1, 0.15) is 41.2 Å². The van der Waals surface area contributed by atoms with E-state index >= 15 is 4.39 Å². The second kappa shape index (κ2) is 6.41. The monoisotopic (exact) mass is 418 g/mol. The molecule has 0 amide bonds. The Labute approximate surface area is 171 Å². The number of anilines is 2. The molecule has 1 aromatic heterocycles. The molecule has 5 N–H and O–H groups in total. The summed E-state index contributed by atoms with van der Waals surface area (Å²) in [6, 6.07) is -0.378. The maximum absolute atomic E-state index is 15.4. The molecule has 1 aliphatic heterocycles. The third-order valence-corrected chi connectivity index (χ3v) is 6.97. The van der Waals surface area contributed by atoms with Gasteiger partial charge < -0.3 is 26.0 Å². The van der Waals surface area contributed by atoms with Crippen LogP contribution in [0.25, 0.3) is 10.9 Å². The van der Waals surface area contributed by atoms with Crippen LogP contribution >= 0.6 is 0 Å². The number of pyridine rings is 1. The van der Waals surface area contributed by atoms with Gasteiger partial charge in [0.05, 0.1) is 28.3 Å². The highest BCUT2D eigenvalue weighted by Gasteiger charge is 2.44. The first-order chi connectivity index (χ1) is 14.2. The fourth-order valence-electron chi connectivity index (χ4n) is 5.13. The molecule has 7 nitrogen and oxygen atoms in total. The Morgan fingerprint density at radius 2 is 2.00 bits per heavy atom. The molecule has 1 saturated heterocycles. The van der Waals surface area contributed by atoms with Gasteiger partial charge in [0.25, 0.3) is 0 Å². The first kappa shape index (κ1) is 19.3. The fraction of sp³-hybridized carbons (Fsp3) is 0.524. The van der Waals surface area contributed by atoms with E-state index < -0.39 is 35.0 Å². The number of hydrogen-bond donors (Lipinski definition) is 3. The third kappa shape index (κ3) is 2.71. The highest BCUT2D eigenvalue weighted by molar-refractivity contribution is 6.01. The molecule has 9 heteroatoms. The van der Waals surface area contributed by atoms with E-state index in [1.165, 1.54) is 10.8 Å². The Morgan fingerprint density at radius 3 is 2.57 bits per heavy atom. The van der Waals surface area contributed by atoms with Crippen molar-refractivity contribution in [2.24, 2.45) is 17.6 Å². The Kier molecular flexibility index (Phi) is 4.12. The van der Waals surface area contributed by atoms with Crippen molar-refractivity contribution in [2.45, 2.75) is 44.4 Å². The lowest BCUT2D eigenvalue weighted by Crippen LogP contribution is -2.26. The number of carboxylic acid groups (broad SMARTS) is 1. The summed E-state index contributed by atoms with van der Waals surface area (Å²) in [5.41, 5.74) is 11.4. The standard InChI is InChI=1S/C21H24F2N4O3/c1-8-18-15(20(28)11(21(29)30)7-27(18)14-5-12(14)22)17(25)16(23)19(8)26-3-2-9(6-26)10-4-13(10)24/h7,9-10,12-14H,2-6,24-25H2,1H3,(H,29,30). The van der Waals surface area contributed by atoms with E-state index in [-0.39, 0.29) is 23.5 Å². The van der Waals surface area contributed by atoms with Gasteiger partial charge in [-0.2, -0.15) is 0 Å². The summed E-state index contributed by atoms with van der Waals surface area (Å²) < 4.78 is 30.8. The number of aryl methyl sites for hydroxylation is 1. The smallest absolute Gasteiger partial charge is 0.341 e. The summed E-state index contributed by atoms with van der Waals surface area (Å²) in [6.45, 7) is 2.97. The van der Waals surface area contributed by atoms with Crippen LogP contribution in [-0.2, 0) is 0 Å². The highest BCUT2D eigenvalue weighted by atomic mass is 19.1. The maximum Gasteiger partial charge on any atom is 0.341 e. The van der Waals surface area contributed by atoms with Crippen LogP contribution < -0.4 is 21.8 Å². The van der Waals surface area contributed by atoms with Crippen LogP contribution in [0.4, 0.5) is 20.2 Å². The summed E-state index contributed by atoms with van der Waals surface area (Å²) in [4.78, 5) is 26.3. The van der Waals surface area contributed by atoms with Crippen LogP contribution in [0, 0.1) is 24.6 Å². The molecule has 0 bridgehead atoms. The molecular weight excluding hydrogens is 394 g/mol. The van der Waals surface area contributed by atoms with Crippen molar-refractivity contribution in [2.75, 3.05) is 23.7 Å². The van der Waals surface area contributed by atoms with Gasteiger partial charge in [-0.3, -0.25) is 4.79 Å². The number of carbonyl (C=O) groups is 1. The van der Waals surface area contributed by atoms with Crippen LogP contribution in [0.15, 0.2) is 11.0 Å². The van der Waals surface area contributed by atoms with E-state index in [1.54, 1.807) is 6.92 Å². The zero-order valence-electron chi connectivity index (χ0n) is 16.6. The largest absolute Gasteiger partial charge is 0.477 e. The van der Waals surface area contributed by atoms with Gasteiger partial charge in [-0.25, -0.2) is 13.6 Å². The van der Waals surface area contributed by atoms with E-state index in [0.717, 1.165) is 12.8 Å². The molecule has 3 aliphatic rings. The molecule has 0 spiro atoms. The minimum atomic E-state index is -1.45. The Bertz CT molecular complexity index is 1150. The zero-order chi connectivity index (χ0) is 21.5. The first-order valence-corrected chi connectivity index (χ1v) is 10.2. The molecule has 2 saturated carbocycles. The van der Waals surface area contributed by atoms with Crippen molar-refractivity contribution in [1.29, 1.82) is 0 Å². The van der Waals surface area contributed by atoms with Crippen molar-refractivity contribution >= 4 is 28.2 Å². The van der Waals surface area contributed by atoms with E-state index in [0.29, 0.717) is 41.7 Å². The number of fused-ring (bicyclic) bond motifs is 1. The van der Waals surface area contributed by atoms with Crippen molar-refractivity contribution in [3.05, 3.63) is 33.4 Å². The molecule has 0 radical (unpaired) electrons. The Hall–Kier alpha value is -2.68. The molecule has 5 atom stereocenters. The third-order valence-electron chi connectivity index (χ3n) is 6.97. The number of hydrogen-bond acceptors (Lipinski definition) is 5. The number of halogens is 2. The Balaban J connectivity index is 1.71. The highest BCUT2D eigenvalue weighted by Crippen LogP contribution is 2.46. The van der Waals surface area contributed by atoms with Crippen molar-refractivity contribution in [3.8, 4) is 0 Å². The minimum absolute atomic E-state index is 0.187.